The molecule has 0 aliphatic rings. The summed E-state index contributed by atoms with van der Waals surface area (Å²) in [6, 6.07) is 0. The normalized spacial score (nSPS) is 8.60. The molecule has 0 radical (unpaired) electrons. The summed E-state index contributed by atoms with van der Waals surface area (Å²) in [6.07, 6.45) is 8.47. The molecule has 0 amide bonds. The first kappa shape index (κ1) is 16.4. The third-order valence-electron chi connectivity index (χ3n) is 1.91. The zero-order valence-corrected chi connectivity index (χ0v) is 9.96. The molecule has 0 fully saturated rings. The average molecular weight is 212 g/mol. The summed E-state index contributed by atoms with van der Waals surface area (Å²) in [6.45, 7) is 12.1. The minimum absolute atomic E-state index is 0.312. The van der Waals surface area contributed by atoms with Gasteiger partial charge in [0.15, 0.2) is 0 Å². The van der Waals surface area contributed by atoms with Gasteiger partial charge in [0.1, 0.15) is 0 Å². The highest BCUT2D eigenvalue weighted by Gasteiger charge is 1.94. The van der Waals surface area contributed by atoms with E-state index in [4.69, 9.17) is 4.74 Å². The van der Waals surface area contributed by atoms with Crippen LogP contribution in [-0.2, 0) is 9.53 Å². The molecular weight excluding hydrogens is 188 g/mol. The lowest BCUT2D eigenvalue weighted by Gasteiger charge is -2.01. The summed E-state index contributed by atoms with van der Waals surface area (Å²) < 4.78 is 4.84. The first-order valence-electron chi connectivity index (χ1n) is 5.60. The van der Waals surface area contributed by atoms with Crippen LogP contribution >= 0.6 is 0 Å². The summed E-state index contributed by atoms with van der Waals surface area (Å²) >= 11 is 0. The van der Waals surface area contributed by atoms with Crippen molar-refractivity contribution in [1.29, 1.82) is 0 Å². The summed E-state index contributed by atoms with van der Waals surface area (Å²) in [5.74, 6) is -0.312. The monoisotopic (exact) mass is 212 g/mol. The molecule has 0 N–H and O–H groups in total. The second kappa shape index (κ2) is 15.4. The molecule has 0 atom stereocenters. The Morgan fingerprint density at radius 2 is 1.67 bits per heavy atom. The number of hydrogen-bond donors (Lipinski definition) is 0. The minimum Gasteiger partial charge on any atom is -0.463 e. The lowest BCUT2D eigenvalue weighted by Crippen LogP contribution is -2.01. The lowest BCUT2D eigenvalue weighted by atomic mass is 10.1. The van der Waals surface area contributed by atoms with Crippen molar-refractivity contribution in [3.05, 3.63) is 25.8 Å². The van der Waals surface area contributed by atoms with Gasteiger partial charge in [0.05, 0.1) is 6.61 Å². The number of carbonyl (C=O) groups excluding carboxylic acids is 1. The summed E-state index contributed by atoms with van der Waals surface area (Å²) in [4.78, 5) is 10.6. The van der Waals surface area contributed by atoms with E-state index in [0.29, 0.717) is 6.61 Å². The van der Waals surface area contributed by atoms with Crippen LogP contribution in [0.5, 0.6) is 0 Å². The van der Waals surface area contributed by atoms with E-state index in [1.54, 1.807) is 0 Å². The zero-order chi connectivity index (χ0) is 11.9. The van der Waals surface area contributed by atoms with Gasteiger partial charge in [-0.15, -0.1) is 13.2 Å². The third-order valence-corrected chi connectivity index (χ3v) is 1.91. The molecule has 0 saturated carbocycles. The van der Waals surface area contributed by atoms with E-state index in [2.05, 4.69) is 26.7 Å². The fourth-order valence-corrected chi connectivity index (χ4v) is 1.11. The summed E-state index contributed by atoms with van der Waals surface area (Å²) in [5.41, 5.74) is 0. The molecule has 0 saturated heterocycles. The Bertz CT molecular complexity index is 153. The fraction of sp³-hybridized carbons (Fsp3) is 0.615. The Morgan fingerprint density at radius 1 is 1.13 bits per heavy atom. The molecule has 15 heavy (non-hydrogen) atoms. The van der Waals surface area contributed by atoms with E-state index in [1.165, 1.54) is 31.8 Å². The first-order chi connectivity index (χ1) is 7.31. The van der Waals surface area contributed by atoms with Gasteiger partial charge in [-0.25, -0.2) is 4.79 Å². The molecule has 0 aliphatic heterocycles. The second-order valence-corrected chi connectivity index (χ2v) is 3.14. The van der Waals surface area contributed by atoms with Crippen molar-refractivity contribution in [2.75, 3.05) is 6.61 Å². The Morgan fingerprint density at radius 3 is 2.20 bits per heavy atom. The van der Waals surface area contributed by atoms with E-state index in [1.807, 2.05) is 0 Å². The highest BCUT2D eigenvalue weighted by atomic mass is 16.5. The summed E-state index contributed by atoms with van der Waals surface area (Å²) in [5, 5.41) is 0. The fourth-order valence-electron chi connectivity index (χ4n) is 1.11. The van der Waals surface area contributed by atoms with Gasteiger partial charge in [-0.2, -0.15) is 0 Å². The predicted molar refractivity (Wildman–Crippen MR) is 65.8 cm³/mol. The van der Waals surface area contributed by atoms with Crippen LogP contribution in [0.1, 0.15) is 45.4 Å². The van der Waals surface area contributed by atoms with Crippen LogP contribution in [0.25, 0.3) is 0 Å². The SMILES string of the molecule is C=C.C=CC(=O)OCCCCCCCC. The molecule has 0 aromatic heterocycles. The molecule has 0 spiro atoms. The number of esters is 1. The zero-order valence-electron chi connectivity index (χ0n) is 9.96. The molecule has 0 rings (SSSR count). The van der Waals surface area contributed by atoms with Gasteiger partial charge in [0, 0.05) is 6.08 Å². The summed E-state index contributed by atoms with van der Waals surface area (Å²) in [7, 11) is 0. The standard InChI is InChI=1S/C11H20O2.C2H4/c1-3-5-6-7-8-9-10-13-11(12)4-2;1-2/h4H,2-3,5-10H2,1H3;1-2H2. The van der Waals surface area contributed by atoms with Crippen LogP contribution in [-0.4, -0.2) is 12.6 Å². The van der Waals surface area contributed by atoms with Gasteiger partial charge in [-0.1, -0.05) is 45.6 Å². The van der Waals surface area contributed by atoms with E-state index < -0.39 is 0 Å². The largest absolute Gasteiger partial charge is 0.463 e. The molecule has 0 bridgehead atoms. The Balaban J connectivity index is 0. The van der Waals surface area contributed by atoms with Gasteiger partial charge < -0.3 is 4.74 Å². The Hall–Kier alpha value is -1.05. The molecule has 2 heteroatoms. The highest BCUT2D eigenvalue weighted by Crippen LogP contribution is 2.04. The van der Waals surface area contributed by atoms with Crippen molar-refractivity contribution in [3.8, 4) is 0 Å². The van der Waals surface area contributed by atoms with Crippen molar-refractivity contribution in [2.45, 2.75) is 45.4 Å². The Kier molecular flexibility index (Phi) is 16.8. The van der Waals surface area contributed by atoms with Crippen molar-refractivity contribution < 1.29 is 9.53 Å². The van der Waals surface area contributed by atoms with E-state index in [9.17, 15) is 4.79 Å². The van der Waals surface area contributed by atoms with Gasteiger partial charge in [-0.3, -0.25) is 0 Å². The van der Waals surface area contributed by atoms with Crippen LogP contribution in [0, 0.1) is 0 Å². The van der Waals surface area contributed by atoms with E-state index >= 15 is 0 Å². The van der Waals surface area contributed by atoms with Crippen LogP contribution in [0.4, 0.5) is 0 Å². The highest BCUT2D eigenvalue weighted by molar-refractivity contribution is 5.81. The van der Waals surface area contributed by atoms with E-state index in [0.717, 1.165) is 12.8 Å². The van der Waals surface area contributed by atoms with Crippen molar-refractivity contribution >= 4 is 5.97 Å². The van der Waals surface area contributed by atoms with Gasteiger partial charge in [-0.05, 0) is 6.42 Å². The predicted octanol–water partition coefficient (Wildman–Crippen LogP) is 3.88. The molecule has 0 aromatic rings. The molecular formula is C13H24O2. The maximum atomic E-state index is 10.6. The number of carbonyl (C=O) groups is 1. The number of ether oxygens (including phenoxy) is 1. The topological polar surface area (TPSA) is 26.3 Å². The maximum absolute atomic E-state index is 10.6. The third kappa shape index (κ3) is 15.7. The minimum atomic E-state index is -0.312. The van der Waals surface area contributed by atoms with Crippen LogP contribution in [0.2, 0.25) is 0 Å². The van der Waals surface area contributed by atoms with Crippen molar-refractivity contribution in [1.82, 2.24) is 0 Å². The number of rotatable bonds is 8. The molecule has 2 nitrogen and oxygen atoms in total. The smallest absolute Gasteiger partial charge is 0.330 e. The molecule has 0 aliphatic carbocycles. The van der Waals surface area contributed by atoms with Gasteiger partial charge in [0.2, 0.25) is 0 Å². The Labute approximate surface area is 94.0 Å². The van der Waals surface area contributed by atoms with Crippen LogP contribution in [0.3, 0.4) is 0 Å². The lowest BCUT2D eigenvalue weighted by molar-refractivity contribution is -0.137. The van der Waals surface area contributed by atoms with Crippen molar-refractivity contribution in [3.63, 3.8) is 0 Å². The molecule has 0 heterocycles. The second-order valence-electron chi connectivity index (χ2n) is 3.14. The average Bonchev–Trinajstić information content (AvgIpc) is 2.30. The maximum Gasteiger partial charge on any atom is 0.330 e. The van der Waals surface area contributed by atoms with Gasteiger partial charge >= 0.3 is 5.97 Å². The van der Waals surface area contributed by atoms with Crippen LogP contribution < -0.4 is 0 Å². The van der Waals surface area contributed by atoms with Crippen LogP contribution in [0.15, 0.2) is 25.8 Å². The molecule has 88 valence electrons. The van der Waals surface area contributed by atoms with E-state index in [-0.39, 0.29) is 5.97 Å². The quantitative estimate of drug-likeness (QED) is 0.264. The van der Waals surface area contributed by atoms with Gasteiger partial charge in [0.25, 0.3) is 0 Å². The first-order valence-corrected chi connectivity index (χ1v) is 5.60. The molecule has 0 aromatic carbocycles. The van der Waals surface area contributed by atoms with Crippen molar-refractivity contribution in [2.24, 2.45) is 0 Å². The number of unbranched alkanes of at least 4 members (excludes halogenated alkanes) is 5. The number of hydrogen-bond acceptors (Lipinski definition) is 2. The molecule has 0 unspecified atom stereocenters.